The standard InChI is InChI=1S/C12H22N2/c1-2-4-14(3-1)9-10-5-11-7-13-8-12(11)6-10/h10-13H,1-9H2/t11-,12-/m1/s1. The topological polar surface area (TPSA) is 15.3 Å². The van der Waals surface area contributed by atoms with Gasteiger partial charge in [-0.25, -0.2) is 0 Å². The molecule has 14 heavy (non-hydrogen) atoms. The van der Waals surface area contributed by atoms with Gasteiger partial charge in [0.1, 0.15) is 0 Å². The molecule has 2 atom stereocenters. The fourth-order valence-electron chi connectivity index (χ4n) is 3.77. The van der Waals surface area contributed by atoms with Gasteiger partial charge in [-0.3, -0.25) is 0 Å². The van der Waals surface area contributed by atoms with E-state index in [9.17, 15) is 0 Å². The van der Waals surface area contributed by atoms with Crippen LogP contribution in [0.3, 0.4) is 0 Å². The van der Waals surface area contributed by atoms with E-state index in [-0.39, 0.29) is 0 Å². The Bertz CT molecular complexity index is 186. The van der Waals surface area contributed by atoms with E-state index in [1.807, 2.05) is 0 Å². The highest BCUT2D eigenvalue weighted by Gasteiger charge is 2.37. The predicted octanol–water partition coefficient (Wildman–Crippen LogP) is 1.33. The molecule has 0 unspecified atom stereocenters. The summed E-state index contributed by atoms with van der Waals surface area (Å²) in [6, 6.07) is 0. The average Bonchev–Trinajstić information content (AvgIpc) is 2.78. The molecule has 2 nitrogen and oxygen atoms in total. The van der Waals surface area contributed by atoms with Crippen LogP contribution in [0.5, 0.6) is 0 Å². The quantitative estimate of drug-likeness (QED) is 0.713. The molecule has 0 amide bonds. The van der Waals surface area contributed by atoms with Gasteiger partial charge in [-0.15, -0.1) is 0 Å². The first-order valence-electron chi connectivity index (χ1n) is 6.35. The van der Waals surface area contributed by atoms with Gasteiger partial charge in [-0.05, 0) is 69.6 Å². The predicted molar refractivity (Wildman–Crippen MR) is 58.2 cm³/mol. The fourth-order valence-corrected chi connectivity index (χ4v) is 3.77. The maximum Gasteiger partial charge on any atom is 0.000988 e. The summed E-state index contributed by atoms with van der Waals surface area (Å²) >= 11 is 0. The first-order chi connectivity index (χ1) is 6.92. The maximum absolute atomic E-state index is 3.52. The van der Waals surface area contributed by atoms with Crippen LogP contribution in [0.1, 0.15) is 25.7 Å². The van der Waals surface area contributed by atoms with Crippen molar-refractivity contribution in [1.29, 1.82) is 0 Å². The molecule has 0 bridgehead atoms. The number of likely N-dealkylation sites (tertiary alicyclic amines) is 1. The molecule has 1 N–H and O–H groups in total. The van der Waals surface area contributed by atoms with Crippen molar-refractivity contribution in [2.45, 2.75) is 25.7 Å². The van der Waals surface area contributed by atoms with E-state index < -0.39 is 0 Å². The van der Waals surface area contributed by atoms with E-state index in [2.05, 4.69) is 10.2 Å². The zero-order valence-electron chi connectivity index (χ0n) is 9.04. The van der Waals surface area contributed by atoms with E-state index in [1.165, 1.54) is 58.4 Å². The third-order valence-electron chi connectivity index (χ3n) is 4.47. The Balaban J connectivity index is 1.50. The SMILES string of the molecule is C1CCN(CC2C[C@@H]3CNC[C@H]3C2)C1. The maximum atomic E-state index is 3.52. The van der Waals surface area contributed by atoms with E-state index >= 15 is 0 Å². The van der Waals surface area contributed by atoms with Crippen molar-refractivity contribution < 1.29 is 0 Å². The van der Waals surface area contributed by atoms with Crippen LogP contribution in [0, 0.1) is 17.8 Å². The summed E-state index contributed by atoms with van der Waals surface area (Å²) in [5, 5.41) is 3.52. The van der Waals surface area contributed by atoms with Gasteiger partial charge < -0.3 is 10.2 Å². The number of nitrogens with one attached hydrogen (secondary N) is 1. The molecule has 80 valence electrons. The molecule has 0 aromatic heterocycles. The molecular weight excluding hydrogens is 172 g/mol. The molecule has 2 aliphatic heterocycles. The van der Waals surface area contributed by atoms with E-state index in [1.54, 1.807) is 0 Å². The third-order valence-corrected chi connectivity index (χ3v) is 4.47. The zero-order valence-corrected chi connectivity index (χ0v) is 9.04. The van der Waals surface area contributed by atoms with Gasteiger partial charge in [0, 0.05) is 6.54 Å². The molecule has 0 spiro atoms. The highest BCUT2D eigenvalue weighted by molar-refractivity contribution is 4.91. The van der Waals surface area contributed by atoms with Crippen LogP contribution in [-0.2, 0) is 0 Å². The Hall–Kier alpha value is -0.0800. The molecule has 0 aromatic rings. The van der Waals surface area contributed by atoms with Crippen molar-refractivity contribution in [2.75, 3.05) is 32.7 Å². The second-order valence-electron chi connectivity index (χ2n) is 5.52. The van der Waals surface area contributed by atoms with Crippen LogP contribution in [0.15, 0.2) is 0 Å². The van der Waals surface area contributed by atoms with Gasteiger partial charge >= 0.3 is 0 Å². The smallest absolute Gasteiger partial charge is 0.000988 e. The molecule has 2 saturated heterocycles. The van der Waals surface area contributed by atoms with E-state index in [0.29, 0.717) is 0 Å². The molecule has 0 radical (unpaired) electrons. The Kier molecular flexibility index (Phi) is 2.50. The Morgan fingerprint density at radius 2 is 1.64 bits per heavy atom. The Labute approximate surface area is 87.0 Å². The number of nitrogens with zero attached hydrogens (tertiary/aromatic N) is 1. The van der Waals surface area contributed by atoms with Gasteiger partial charge in [0.05, 0.1) is 0 Å². The van der Waals surface area contributed by atoms with Crippen molar-refractivity contribution in [3.05, 3.63) is 0 Å². The monoisotopic (exact) mass is 194 g/mol. The summed E-state index contributed by atoms with van der Waals surface area (Å²) in [4.78, 5) is 2.69. The van der Waals surface area contributed by atoms with Crippen LogP contribution >= 0.6 is 0 Å². The summed E-state index contributed by atoms with van der Waals surface area (Å²) in [5.41, 5.74) is 0. The molecule has 3 rings (SSSR count). The second-order valence-corrected chi connectivity index (χ2v) is 5.52. The van der Waals surface area contributed by atoms with Crippen molar-refractivity contribution in [3.63, 3.8) is 0 Å². The first-order valence-corrected chi connectivity index (χ1v) is 6.35. The van der Waals surface area contributed by atoms with Crippen LogP contribution in [0.2, 0.25) is 0 Å². The van der Waals surface area contributed by atoms with Crippen molar-refractivity contribution >= 4 is 0 Å². The minimum atomic E-state index is 1.03. The lowest BCUT2D eigenvalue weighted by Gasteiger charge is -2.20. The zero-order chi connectivity index (χ0) is 9.38. The molecular formula is C12H22N2. The van der Waals surface area contributed by atoms with Crippen LogP contribution in [0.25, 0.3) is 0 Å². The number of hydrogen-bond donors (Lipinski definition) is 1. The second kappa shape index (κ2) is 3.82. The van der Waals surface area contributed by atoms with Gasteiger partial charge in [0.15, 0.2) is 0 Å². The molecule has 3 fully saturated rings. The summed E-state index contributed by atoms with van der Waals surface area (Å²) in [6.45, 7) is 6.78. The number of rotatable bonds is 2. The lowest BCUT2D eigenvalue weighted by molar-refractivity contribution is 0.272. The van der Waals surface area contributed by atoms with Gasteiger partial charge in [0.25, 0.3) is 0 Å². The van der Waals surface area contributed by atoms with Gasteiger partial charge in [-0.2, -0.15) is 0 Å². The van der Waals surface area contributed by atoms with Crippen LogP contribution < -0.4 is 5.32 Å². The summed E-state index contributed by atoms with van der Waals surface area (Å²) in [7, 11) is 0. The number of hydrogen-bond acceptors (Lipinski definition) is 2. The Morgan fingerprint density at radius 3 is 2.29 bits per heavy atom. The first kappa shape index (κ1) is 9.17. The van der Waals surface area contributed by atoms with E-state index in [0.717, 1.165) is 17.8 Å². The molecule has 2 heterocycles. The molecule has 1 aliphatic carbocycles. The Morgan fingerprint density at radius 1 is 1.00 bits per heavy atom. The summed E-state index contributed by atoms with van der Waals surface area (Å²) in [6.07, 6.45) is 5.91. The highest BCUT2D eigenvalue weighted by atomic mass is 15.1. The largest absolute Gasteiger partial charge is 0.316 e. The molecule has 3 aliphatic rings. The van der Waals surface area contributed by atoms with Gasteiger partial charge in [-0.1, -0.05) is 0 Å². The van der Waals surface area contributed by atoms with Crippen LogP contribution in [-0.4, -0.2) is 37.6 Å². The van der Waals surface area contributed by atoms with Crippen molar-refractivity contribution in [1.82, 2.24) is 10.2 Å². The van der Waals surface area contributed by atoms with E-state index in [4.69, 9.17) is 0 Å². The van der Waals surface area contributed by atoms with Crippen molar-refractivity contribution in [2.24, 2.45) is 17.8 Å². The van der Waals surface area contributed by atoms with Crippen LogP contribution in [0.4, 0.5) is 0 Å². The minimum absolute atomic E-state index is 1.03. The van der Waals surface area contributed by atoms with Gasteiger partial charge in [0.2, 0.25) is 0 Å². The minimum Gasteiger partial charge on any atom is -0.316 e. The molecule has 2 heteroatoms. The lowest BCUT2D eigenvalue weighted by Crippen LogP contribution is -2.26. The summed E-state index contributed by atoms with van der Waals surface area (Å²) in [5.74, 6) is 3.09. The fraction of sp³-hybridized carbons (Fsp3) is 1.00. The summed E-state index contributed by atoms with van der Waals surface area (Å²) < 4.78 is 0. The van der Waals surface area contributed by atoms with Crippen molar-refractivity contribution in [3.8, 4) is 0 Å². The number of fused-ring (bicyclic) bond motifs is 1. The normalized spacial score (nSPS) is 39.4. The molecule has 1 saturated carbocycles. The third kappa shape index (κ3) is 1.70. The molecule has 0 aromatic carbocycles. The highest BCUT2D eigenvalue weighted by Crippen LogP contribution is 2.39. The lowest BCUT2D eigenvalue weighted by atomic mass is 10.0. The average molecular weight is 194 g/mol.